The topological polar surface area (TPSA) is 73.8 Å². The number of benzene rings is 1. The average Bonchev–Trinajstić information content (AvgIpc) is 2.77. The highest BCUT2D eigenvalue weighted by Crippen LogP contribution is 2.30. The Morgan fingerprint density at radius 3 is 2.45 bits per heavy atom. The zero-order chi connectivity index (χ0) is 21.9. The lowest BCUT2D eigenvalue weighted by Gasteiger charge is -2.45. The highest BCUT2D eigenvalue weighted by molar-refractivity contribution is 7.89. The van der Waals surface area contributed by atoms with Gasteiger partial charge in [0.2, 0.25) is 10.0 Å². The Balaban J connectivity index is 1.42. The second-order valence-corrected chi connectivity index (χ2v) is 11.8. The number of hydrogen-bond donors (Lipinski definition) is 2. The monoisotopic (exact) mass is 446 g/mol. The van der Waals surface area contributed by atoms with Crippen LogP contribution in [0, 0.1) is 5.92 Å². The fraction of sp³-hybridized carbons (Fsp3) is 0.708. The van der Waals surface area contributed by atoms with Gasteiger partial charge in [-0.25, -0.2) is 8.42 Å². The molecular formula is C24H38N4O2S. The Labute approximate surface area is 187 Å². The fourth-order valence-corrected chi connectivity index (χ4v) is 6.70. The lowest BCUT2D eigenvalue weighted by atomic mass is 9.84. The van der Waals surface area contributed by atoms with Gasteiger partial charge >= 0.3 is 0 Å². The Morgan fingerprint density at radius 2 is 1.81 bits per heavy atom. The lowest BCUT2D eigenvalue weighted by Crippen LogP contribution is -2.65. The summed E-state index contributed by atoms with van der Waals surface area (Å²) in [7, 11) is -3.46. The highest BCUT2D eigenvalue weighted by atomic mass is 32.2. The molecule has 6 nitrogen and oxygen atoms in total. The molecule has 2 heterocycles. The highest BCUT2D eigenvalue weighted by Gasteiger charge is 2.43. The molecule has 1 aromatic rings. The van der Waals surface area contributed by atoms with Crippen LogP contribution in [0.5, 0.6) is 0 Å². The molecule has 0 radical (unpaired) electrons. The summed E-state index contributed by atoms with van der Waals surface area (Å²) < 4.78 is 28.2. The lowest BCUT2D eigenvalue weighted by molar-refractivity contribution is 0.238. The maximum Gasteiger partial charge on any atom is 0.243 e. The second kappa shape index (κ2) is 9.59. The van der Waals surface area contributed by atoms with E-state index in [0.717, 1.165) is 38.2 Å². The molecule has 3 aliphatic rings. The van der Waals surface area contributed by atoms with E-state index in [9.17, 15) is 8.42 Å². The number of rotatable bonds is 5. The first-order valence-corrected chi connectivity index (χ1v) is 13.5. The number of nitrogens with one attached hydrogen (secondary N) is 2. The molecule has 0 amide bonds. The summed E-state index contributed by atoms with van der Waals surface area (Å²) in [6, 6.07) is 7.97. The van der Waals surface area contributed by atoms with Gasteiger partial charge < -0.3 is 10.6 Å². The van der Waals surface area contributed by atoms with E-state index in [1.807, 2.05) is 12.1 Å². The Hall–Kier alpha value is -1.44. The number of amidine groups is 1. The first-order chi connectivity index (χ1) is 14.9. The van der Waals surface area contributed by atoms with Crippen LogP contribution >= 0.6 is 0 Å². The maximum absolute atomic E-state index is 13.2. The number of hydrogen-bond acceptors (Lipinski definition) is 5. The molecule has 0 bridgehead atoms. The number of piperidine rings is 1. The minimum Gasteiger partial charge on any atom is -0.370 e. The summed E-state index contributed by atoms with van der Waals surface area (Å²) in [4.78, 5) is 5.26. The third kappa shape index (κ3) is 5.15. The molecule has 1 aromatic carbocycles. The fourth-order valence-electron chi connectivity index (χ4n) is 5.26. The van der Waals surface area contributed by atoms with Gasteiger partial charge in [0.25, 0.3) is 0 Å². The van der Waals surface area contributed by atoms with Gasteiger partial charge in [-0.2, -0.15) is 4.31 Å². The summed E-state index contributed by atoms with van der Waals surface area (Å²) in [5, 5.41) is 7.44. The predicted molar refractivity (Wildman–Crippen MR) is 126 cm³/mol. The van der Waals surface area contributed by atoms with Crippen LogP contribution in [-0.4, -0.2) is 56.3 Å². The van der Waals surface area contributed by atoms with Crippen molar-refractivity contribution in [3.05, 3.63) is 29.8 Å². The number of nitrogens with zero attached hydrogens (tertiary/aromatic N) is 2. The van der Waals surface area contributed by atoms with Gasteiger partial charge in [-0.3, -0.25) is 4.99 Å². The van der Waals surface area contributed by atoms with Crippen molar-refractivity contribution in [1.82, 2.24) is 14.9 Å². The van der Waals surface area contributed by atoms with Gasteiger partial charge in [-0.15, -0.1) is 0 Å². The van der Waals surface area contributed by atoms with Gasteiger partial charge in [-0.05, 0) is 55.7 Å². The molecule has 172 valence electrons. The molecule has 1 saturated heterocycles. The molecule has 4 rings (SSSR count). The summed E-state index contributed by atoms with van der Waals surface area (Å²) in [5.41, 5.74) is 0.982. The first-order valence-electron chi connectivity index (χ1n) is 12.0. The Kier molecular flexibility index (Phi) is 7.04. The van der Waals surface area contributed by atoms with Crippen LogP contribution in [0.15, 0.2) is 34.2 Å². The van der Waals surface area contributed by atoms with Crippen molar-refractivity contribution in [3.63, 3.8) is 0 Å². The van der Waals surface area contributed by atoms with E-state index in [0.29, 0.717) is 29.9 Å². The van der Waals surface area contributed by atoms with Gasteiger partial charge in [0.15, 0.2) is 0 Å². The summed E-state index contributed by atoms with van der Waals surface area (Å²) in [6.45, 7) is 7.05. The molecule has 1 spiro atoms. The Bertz CT molecular complexity index is 865. The second-order valence-electron chi connectivity index (χ2n) is 9.86. The van der Waals surface area contributed by atoms with Crippen molar-refractivity contribution in [1.29, 1.82) is 0 Å². The standard InChI is InChI=1S/C24H38N4O2S/c1-19(2)18-20-8-10-22(11-9-20)31(29,30)28-16-12-24(13-17-28)23(25-14-15-26-24)27-21-6-4-3-5-7-21/h8-11,19,21,26H,3-7,12-18H2,1-2H3,(H,25,27). The molecule has 1 aliphatic carbocycles. The van der Waals surface area contributed by atoms with E-state index in [1.165, 1.54) is 37.7 Å². The summed E-state index contributed by atoms with van der Waals surface area (Å²) in [6.07, 6.45) is 8.81. The van der Waals surface area contributed by atoms with E-state index < -0.39 is 10.0 Å². The molecule has 2 aliphatic heterocycles. The summed E-state index contributed by atoms with van der Waals surface area (Å²) in [5.74, 6) is 1.63. The molecule has 2 fully saturated rings. The van der Waals surface area contributed by atoms with E-state index >= 15 is 0 Å². The van der Waals surface area contributed by atoms with E-state index in [1.54, 1.807) is 16.4 Å². The number of sulfonamides is 1. The zero-order valence-corrected chi connectivity index (χ0v) is 19.9. The van der Waals surface area contributed by atoms with Crippen LogP contribution < -0.4 is 10.6 Å². The smallest absolute Gasteiger partial charge is 0.243 e. The van der Waals surface area contributed by atoms with Crippen molar-refractivity contribution >= 4 is 15.9 Å². The minimum atomic E-state index is -3.46. The van der Waals surface area contributed by atoms with Crippen molar-refractivity contribution < 1.29 is 8.42 Å². The predicted octanol–water partition coefficient (Wildman–Crippen LogP) is 3.33. The van der Waals surface area contributed by atoms with Gasteiger partial charge in [-0.1, -0.05) is 45.2 Å². The third-order valence-corrected chi connectivity index (χ3v) is 8.94. The summed E-state index contributed by atoms with van der Waals surface area (Å²) >= 11 is 0. The molecule has 7 heteroatoms. The van der Waals surface area contributed by atoms with Crippen LogP contribution in [-0.2, 0) is 16.4 Å². The van der Waals surface area contributed by atoms with Crippen LogP contribution in [0.4, 0.5) is 0 Å². The Morgan fingerprint density at radius 1 is 1.13 bits per heavy atom. The van der Waals surface area contributed by atoms with Crippen molar-refractivity contribution in [3.8, 4) is 0 Å². The van der Waals surface area contributed by atoms with E-state index in [-0.39, 0.29) is 5.54 Å². The molecule has 0 unspecified atom stereocenters. The quantitative estimate of drug-likeness (QED) is 0.728. The van der Waals surface area contributed by atoms with Crippen molar-refractivity contribution in [2.24, 2.45) is 10.9 Å². The van der Waals surface area contributed by atoms with E-state index in [4.69, 9.17) is 4.99 Å². The van der Waals surface area contributed by atoms with Gasteiger partial charge in [0, 0.05) is 25.7 Å². The van der Waals surface area contributed by atoms with Crippen LogP contribution in [0.3, 0.4) is 0 Å². The normalized spacial score (nSPS) is 23.1. The molecule has 31 heavy (non-hydrogen) atoms. The van der Waals surface area contributed by atoms with E-state index in [2.05, 4.69) is 24.5 Å². The minimum absolute atomic E-state index is 0.206. The van der Waals surface area contributed by atoms with Crippen LogP contribution in [0.2, 0.25) is 0 Å². The molecule has 0 atom stereocenters. The molecule has 2 N–H and O–H groups in total. The SMILES string of the molecule is CC(C)Cc1ccc(S(=O)(=O)N2CCC3(CC2)NCCN=C3NC2CCCCC2)cc1. The first kappa shape index (κ1) is 22.7. The molecule has 1 saturated carbocycles. The number of aliphatic imine (C=N–C) groups is 1. The molecular weight excluding hydrogens is 408 g/mol. The van der Waals surface area contributed by atoms with Crippen molar-refractivity contribution in [2.75, 3.05) is 26.2 Å². The van der Waals surface area contributed by atoms with Gasteiger partial charge in [0.1, 0.15) is 5.84 Å². The maximum atomic E-state index is 13.2. The largest absolute Gasteiger partial charge is 0.370 e. The van der Waals surface area contributed by atoms with Crippen LogP contribution in [0.25, 0.3) is 0 Å². The third-order valence-electron chi connectivity index (χ3n) is 7.03. The van der Waals surface area contributed by atoms with Crippen molar-refractivity contribution in [2.45, 2.75) is 81.7 Å². The average molecular weight is 447 g/mol. The zero-order valence-electron chi connectivity index (χ0n) is 19.1. The van der Waals surface area contributed by atoms with Gasteiger partial charge in [0.05, 0.1) is 17.0 Å². The molecule has 0 aromatic heterocycles. The van der Waals surface area contributed by atoms with Crippen LogP contribution in [0.1, 0.15) is 64.4 Å².